The van der Waals surface area contributed by atoms with E-state index in [2.05, 4.69) is 29.2 Å². The molecule has 3 rings (SSSR count). The van der Waals surface area contributed by atoms with E-state index in [0.29, 0.717) is 6.42 Å². The maximum atomic E-state index is 10.9. The SMILES string of the molecule is CN1CCCC(O)(Cc2nn(C)c3ccccc23)CC1. The molecule has 1 aromatic heterocycles. The van der Waals surface area contributed by atoms with E-state index in [1.807, 2.05) is 23.9 Å². The molecule has 1 aliphatic heterocycles. The molecule has 2 heterocycles. The van der Waals surface area contributed by atoms with Gasteiger partial charge in [-0.15, -0.1) is 0 Å². The first-order valence-electron chi connectivity index (χ1n) is 7.39. The standard InChI is InChI=1S/C16H23N3O/c1-18-10-5-8-16(20,9-11-18)12-14-13-6-3-4-7-15(13)19(2)17-14/h3-4,6-7,20H,5,8-12H2,1-2H3. The minimum absolute atomic E-state index is 0.609. The number of aryl methyl sites for hydroxylation is 1. The second-order valence-corrected chi connectivity index (χ2v) is 6.15. The van der Waals surface area contributed by atoms with Crippen molar-refractivity contribution in [2.45, 2.75) is 31.3 Å². The highest BCUT2D eigenvalue weighted by molar-refractivity contribution is 5.81. The number of aliphatic hydroxyl groups is 1. The van der Waals surface area contributed by atoms with Gasteiger partial charge in [0.1, 0.15) is 0 Å². The van der Waals surface area contributed by atoms with E-state index < -0.39 is 5.60 Å². The number of benzene rings is 1. The number of aromatic nitrogens is 2. The summed E-state index contributed by atoms with van der Waals surface area (Å²) in [6.45, 7) is 2.03. The highest BCUT2D eigenvalue weighted by Gasteiger charge is 2.31. The Labute approximate surface area is 120 Å². The van der Waals surface area contributed by atoms with Crippen molar-refractivity contribution >= 4 is 10.9 Å². The summed E-state index contributed by atoms with van der Waals surface area (Å²) in [6.07, 6.45) is 3.40. The Balaban J connectivity index is 1.88. The van der Waals surface area contributed by atoms with Gasteiger partial charge in [0, 0.05) is 25.4 Å². The second-order valence-electron chi connectivity index (χ2n) is 6.15. The molecule has 0 amide bonds. The van der Waals surface area contributed by atoms with E-state index in [1.165, 1.54) is 5.39 Å². The van der Waals surface area contributed by atoms with Gasteiger partial charge in [-0.1, -0.05) is 18.2 Å². The lowest BCUT2D eigenvalue weighted by atomic mass is 9.89. The van der Waals surface area contributed by atoms with Gasteiger partial charge in [0.25, 0.3) is 0 Å². The van der Waals surface area contributed by atoms with Gasteiger partial charge in [0.2, 0.25) is 0 Å². The zero-order chi connectivity index (χ0) is 14.2. The van der Waals surface area contributed by atoms with E-state index in [0.717, 1.165) is 43.6 Å². The molecule has 1 fully saturated rings. The maximum Gasteiger partial charge on any atom is 0.0731 e. The van der Waals surface area contributed by atoms with Crippen LogP contribution in [0, 0.1) is 0 Å². The van der Waals surface area contributed by atoms with Crippen LogP contribution in [0.4, 0.5) is 0 Å². The van der Waals surface area contributed by atoms with Crippen LogP contribution in [0.5, 0.6) is 0 Å². The van der Waals surface area contributed by atoms with E-state index in [9.17, 15) is 5.11 Å². The molecule has 0 bridgehead atoms. The highest BCUT2D eigenvalue weighted by atomic mass is 16.3. The Morgan fingerprint density at radius 1 is 1.20 bits per heavy atom. The first-order valence-corrected chi connectivity index (χ1v) is 7.39. The van der Waals surface area contributed by atoms with E-state index in [4.69, 9.17) is 0 Å². The molecule has 0 radical (unpaired) electrons. The Kier molecular flexibility index (Phi) is 3.52. The van der Waals surface area contributed by atoms with E-state index in [1.54, 1.807) is 0 Å². The predicted octanol–water partition coefficient (Wildman–Crippen LogP) is 1.96. The molecule has 108 valence electrons. The zero-order valence-corrected chi connectivity index (χ0v) is 12.3. The fourth-order valence-electron chi connectivity index (χ4n) is 3.22. The molecule has 1 unspecified atom stereocenters. The van der Waals surface area contributed by atoms with Crippen LogP contribution >= 0.6 is 0 Å². The predicted molar refractivity (Wildman–Crippen MR) is 80.7 cm³/mol. The molecule has 1 saturated heterocycles. The summed E-state index contributed by atoms with van der Waals surface area (Å²) in [5.74, 6) is 0. The molecule has 1 N–H and O–H groups in total. The molecule has 0 saturated carbocycles. The highest BCUT2D eigenvalue weighted by Crippen LogP contribution is 2.28. The van der Waals surface area contributed by atoms with Crippen LogP contribution < -0.4 is 0 Å². The minimum atomic E-state index is -0.609. The lowest BCUT2D eigenvalue weighted by Gasteiger charge is -2.25. The van der Waals surface area contributed by atoms with Crippen LogP contribution in [0.2, 0.25) is 0 Å². The quantitative estimate of drug-likeness (QED) is 0.909. The van der Waals surface area contributed by atoms with Crippen LogP contribution in [0.3, 0.4) is 0 Å². The van der Waals surface area contributed by atoms with E-state index in [-0.39, 0.29) is 0 Å². The van der Waals surface area contributed by atoms with Crippen LogP contribution in [-0.2, 0) is 13.5 Å². The summed E-state index contributed by atoms with van der Waals surface area (Å²) in [7, 11) is 4.10. The van der Waals surface area contributed by atoms with Crippen LogP contribution in [0.15, 0.2) is 24.3 Å². The average molecular weight is 273 g/mol. The first kappa shape index (κ1) is 13.6. The number of rotatable bonds is 2. The molecule has 4 nitrogen and oxygen atoms in total. The van der Waals surface area contributed by atoms with Crippen molar-refractivity contribution in [3.05, 3.63) is 30.0 Å². The van der Waals surface area contributed by atoms with Gasteiger partial charge in [0.05, 0.1) is 16.8 Å². The van der Waals surface area contributed by atoms with Crippen LogP contribution in [0.25, 0.3) is 10.9 Å². The molecule has 20 heavy (non-hydrogen) atoms. The molecule has 1 aromatic carbocycles. The molecule has 2 aromatic rings. The number of hydrogen-bond donors (Lipinski definition) is 1. The molecule has 1 atom stereocenters. The Morgan fingerprint density at radius 2 is 2.00 bits per heavy atom. The van der Waals surface area contributed by atoms with Gasteiger partial charge in [-0.3, -0.25) is 4.68 Å². The largest absolute Gasteiger partial charge is 0.389 e. The Hall–Kier alpha value is -1.39. The van der Waals surface area contributed by atoms with Gasteiger partial charge in [-0.25, -0.2) is 0 Å². The summed E-state index contributed by atoms with van der Waals surface area (Å²) in [4.78, 5) is 2.30. The number of likely N-dealkylation sites (tertiary alicyclic amines) is 1. The normalized spacial score (nSPS) is 24.9. The smallest absolute Gasteiger partial charge is 0.0731 e. The number of nitrogens with zero attached hydrogens (tertiary/aromatic N) is 3. The maximum absolute atomic E-state index is 10.9. The Bertz CT molecular complexity index is 607. The van der Waals surface area contributed by atoms with Crippen molar-refractivity contribution in [3.63, 3.8) is 0 Å². The third kappa shape index (κ3) is 2.58. The van der Waals surface area contributed by atoms with Crippen molar-refractivity contribution in [2.75, 3.05) is 20.1 Å². The lowest BCUT2D eigenvalue weighted by molar-refractivity contribution is 0.0256. The van der Waals surface area contributed by atoms with Gasteiger partial charge in [-0.05, 0) is 38.9 Å². The van der Waals surface area contributed by atoms with Gasteiger partial charge >= 0.3 is 0 Å². The zero-order valence-electron chi connectivity index (χ0n) is 12.3. The van der Waals surface area contributed by atoms with Gasteiger partial charge in [-0.2, -0.15) is 5.10 Å². The second kappa shape index (κ2) is 5.19. The first-order chi connectivity index (χ1) is 9.57. The third-order valence-corrected chi connectivity index (χ3v) is 4.47. The number of para-hydroxylation sites is 1. The molecule has 4 heteroatoms. The summed E-state index contributed by atoms with van der Waals surface area (Å²) < 4.78 is 1.91. The van der Waals surface area contributed by atoms with Crippen molar-refractivity contribution in [1.82, 2.24) is 14.7 Å². The molecular formula is C16H23N3O. The fraction of sp³-hybridized carbons (Fsp3) is 0.562. The number of hydrogen-bond acceptors (Lipinski definition) is 3. The van der Waals surface area contributed by atoms with Crippen LogP contribution in [0.1, 0.15) is 25.0 Å². The van der Waals surface area contributed by atoms with Crippen molar-refractivity contribution in [3.8, 4) is 0 Å². The Morgan fingerprint density at radius 3 is 2.85 bits per heavy atom. The molecule has 1 aliphatic rings. The summed E-state index contributed by atoms with van der Waals surface area (Å²) >= 11 is 0. The van der Waals surface area contributed by atoms with Gasteiger partial charge < -0.3 is 10.0 Å². The molecule has 0 aliphatic carbocycles. The summed E-state index contributed by atoms with van der Waals surface area (Å²) in [5, 5.41) is 16.7. The monoisotopic (exact) mass is 273 g/mol. The summed E-state index contributed by atoms with van der Waals surface area (Å²) in [6, 6.07) is 8.25. The molecular weight excluding hydrogens is 250 g/mol. The van der Waals surface area contributed by atoms with Crippen molar-refractivity contribution in [2.24, 2.45) is 7.05 Å². The number of fused-ring (bicyclic) bond motifs is 1. The van der Waals surface area contributed by atoms with Crippen molar-refractivity contribution in [1.29, 1.82) is 0 Å². The van der Waals surface area contributed by atoms with Crippen LogP contribution in [-0.4, -0.2) is 45.5 Å². The minimum Gasteiger partial charge on any atom is -0.389 e. The summed E-state index contributed by atoms with van der Waals surface area (Å²) in [5.41, 5.74) is 1.55. The average Bonchev–Trinajstić information content (AvgIpc) is 2.63. The van der Waals surface area contributed by atoms with Gasteiger partial charge in [0.15, 0.2) is 0 Å². The topological polar surface area (TPSA) is 41.3 Å². The van der Waals surface area contributed by atoms with E-state index >= 15 is 0 Å². The third-order valence-electron chi connectivity index (χ3n) is 4.47. The fourth-order valence-corrected chi connectivity index (χ4v) is 3.22. The van der Waals surface area contributed by atoms with Crippen molar-refractivity contribution < 1.29 is 5.11 Å². The lowest BCUT2D eigenvalue weighted by Crippen LogP contribution is -2.33. The molecule has 0 spiro atoms.